The fourth-order valence-electron chi connectivity index (χ4n) is 3.73. The molecule has 1 heterocycles. The molecule has 0 aliphatic heterocycles. The standard InChI is InChI=1S/C27H23FN2O3/c1-3-33-27(32)24-17-25(19-9-5-4-6-10-19)30(18(24)2)23-14-7-11-20(15-23)26(31)29-22-13-8-12-21(28)16-22/h4-17H,3H2,1-2H3,(H,29,31). The minimum atomic E-state index is -0.427. The topological polar surface area (TPSA) is 60.3 Å². The van der Waals surface area contributed by atoms with Crippen LogP contribution in [0.5, 0.6) is 0 Å². The van der Waals surface area contributed by atoms with Crippen LogP contribution in [0.2, 0.25) is 0 Å². The maximum atomic E-state index is 13.5. The number of esters is 1. The molecule has 0 spiro atoms. The van der Waals surface area contributed by atoms with Crippen LogP contribution in [0, 0.1) is 12.7 Å². The van der Waals surface area contributed by atoms with E-state index >= 15 is 0 Å². The Morgan fingerprint density at radius 2 is 1.70 bits per heavy atom. The summed E-state index contributed by atoms with van der Waals surface area (Å²) in [6.07, 6.45) is 0. The maximum absolute atomic E-state index is 13.5. The molecule has 0 aliphatic rings. The van der Waals surface area contributed by atoms with E-state index in [1.165, 1.54) is 18.2 Å². The average molecular weight is 442 g/mol. The molecule has 0 saturated heterocycles. The molecule has 0 bridgehead atoms. The van der Waals surface area contributed by atoms with Gasteiger partial charge in [0.05, 0.1) is 17.9 Å². The lowest BCUT2D eigenvalue weighted by Gasteiger charge is -2.14. The molecule has 4 rings (SSSR count). The zero-order valence-corrected chi connectivity index (χ0v) is 18.3. The number of nitrogens with one attached hydrogen (secondary N) is 1. The van der Waals surface area contributed by atoms with Crippen LogP contribution in [0.1, 0.15) is 33.3 Å². The molecule has 1 N–H and O–H groups in total. The number of halogens is 1. The molecule has 6 heteroatoms. The van der Waals surface area contributed by atoms with Crippen molar-refractivity contribution in [1.29, 1.82) is 0 Å². The molecule has 0 aliphatic carbocycles. The smallest absolute Gasteiger partial charge is 0.339 e. The third kappa shape index (κ3) is 4.70. The Kier molecular flexibility index (Phi) is 6.36. The fraction of sp³-hybridized carbons (Fsp3) is 0.111. The molecule has 4 aromatic rings. The first-order valence-corrected chi connectivity index (χ1v) is 10.6. The second kappa shape index (κ2) is 9.53. The van der Waals surface area contributed by atoms with Gasteiger partial charge in [0.2, 0.25) is 0 Å². The summed E-state index contributed by atoms with van der Waals surface area (Å²) in [4.78, 5) is 25.4. The van der Waals surface area contributed by atoms with Gasteiger partial charge in [0, 0.05) is 22.6 Å². The summed E-state index contributed by atoms with van der Waals surface area (Å²) in [5.41, 5.74) is 4.39. The summed E-state index contributed by atoms with van der Waals surface area (Å²) in [5.74, 6) is -1.19. The lowest BCUT2D eigenvalue weighted by Crippen LogP contribution is -2.13. The van der Waals surface area contributed by atoms with E-state index in [1.807, 2.05) is 54.0 Å². The van der Waals surface area contributed by atoms with E-state index in [2.05, 4.69) is 5.32 Å². The van der Waals surface area contributed by atoms with Crippen LogP contribution in [-0.4, -0.2) is 23.1 Å². The van der Waals surface area contributed by atoms with Crippen LogP contribution in [0.25, 0.3) is 16.9 Å². The summed E-state index contributed by atoms with van der Waals surface area (Å²) < 4.78 is 20.7. The molecule has 1 aromatic heterocycles. The van der Waals surface area contributed by atoms with Crippen molar-refractivity contribution in [3.63, 3.8) is 0 Å². The van der Waals surface area contributed by atoms with Crippen LogP contribution in [-0.2, 0) is 4.74 Å². The number of amides is 1. The molecule has 0 fully saturated rings. The zero-order chi connectivity index (χ0) is 23.4. The molecular weight excluding hydrogens is 419 g/mol. The van der Waals surface area contributed by atoms with Crippen molar-refractivity contribution < 1.29 is 18.7 Å². The van der Waals surface area contributed by atoms with Crippen LogP contribution in [0.3, 0.4) is 0 Å². The Morgan fingerprint density at radius 3 is 2.42 bits per heavy atom. The van der Waals surface area contributed by atoms with Crippen molar-refractivity contribution >= 4 is 17.6 Å². The highest BCUT2D eigenvalue weighted by Crippen LogP contribution is 2.30. The molecule has 0 radical (unpaired) electrons. The van der Waals surface area contributed by atoms with Crippen molar-refractivity contribution in [2.45, 2.75) is 13.8 Å². The van der Waals surface area contributed by atoms with Gasteiger partial charge >= 0.3 is 5.97 Å². The van der Waals surface area contributed by atoms with E-state index in [0.717, 1.165) is 11.3 Å². The average Bonchev–Trinajstić information content (AvgIpc) is 3.17. The molecule has 33 heavy (non-hydrogen) atoms. The quantitative estimate of drug-likeness (QED) is 0.372. The van der Waals surface area contributed by atoms with Crippen LogP contribution < -0.4 is 5.32 Å². The normalized spacial score (nSPS) is 10.6. The van der Waals surface area contributed by atoms with E-state index < -0.39 is 11.8 Å². The first-order chi connectivity index (χ1) is 16.0. The summed E-state index contributed by atoms with van der Waals surface area (Å²) in [7, 11) is 0. The highest BCUT2D eigenvalue weighted by atomic mass is 19.1. The number of benzene rings is 3. The summed E-state index contributed by atoms with van der Waals surface area (Å²) in [6.45, 7) is 3.89. The minimum absolute atomic E-state index is 0.278. The van der Waals surface area contributed by atoms with Crippen molar-refractivity contribution in [2.75, 3.05) is 11.9 Å². The molecule has 0 saturated carbocycles. The van der Waals surface area contributed by atoms with E-state index in [0.29, 0.717) is 28.2 Å². The second-order valence-corrected chi connectivity index (χ2v) is 7.47. The monoisotopic (exact) mass is 442 g/mol. The Morgan fingerprint density at radius 1 is 0.939 bits per heavy atom. The lowest BCUT2D eigenvalue weighted by molar-refractivity contribution is 0.0525. The third-order valence-corrected chi connectivity index (χ3v) is 5.26. The lowest BCUT2D eigenvalue weighted by atomic mass is 10.1. The number of aromatic nitrogens is 1. The van der Waals surface area contributed by atoms with Gasteiger partial charge in [-0.05, 0) is 61.9 Å². The number of nitrogens with zero attached hydrogens (tertiary/aromatic N) is 1. The predicted octanol–water partition coefficient (Wildman–Crippen LogP) is 6.02. The summed E-state index contributed by atoms with van der Waals surface area (Å²) in [5, 5.41) is 2.72. The van der Waals surface area contributed by atoms with Crippen molar-refractivity contribution in [2.24, 2.45) is 0 Å². The van der Waals surface area contributed by atoms with Crippen LogP contribution in [0.15, 0.2) is 84.9 Å². The van der Waals surface area contributed by atoms with Crippen molar-refractivity contribution in [3.8, 4) is 16.9 Å². The molecule has 0 atom stereocenters. The van der Waals surface area contributed by atoms with Crippen LogP contribution >= 0.6 is 0 Å². The molecule has 3 aromatic carbocycles. The Bertz CT molecular complexity index is 1310. The Hall–Kier alpha value is -4.19. The zero-order valence-electron chi connectivity index (χ0n) is 18.3. The number of hydrogen-bond acceptors (Lipinski definition) is 3. The summed E-state index contributed by atoms with van der Waals surface area (Å²) >= 11 is 0. The van der Waals surface area contributed by atoms with Gasteiger partial charge in [-0.3, -0.25) is 4.79 Å². The largest absolute Gasteiger partial charge is 0.462 e. The fourth-order valence-corrected chi connectivity index (χ4v) is 3.73. The molecule has 1 amide bonds. The van der Waals surface area contributed by atoms with Crippen molar-refractivity contribution in [3.05, 3.63) is 108 Å². The van der Waals surface area contributed by atoms with Gasteiger partial charge in [-0.25, -0.2) is 9.18 Å². The number of rotatable bonds is 6. The second-order valence-electron chi connectivity index (χ2n) is 7.47. The third-order valence-electron chi connectivity index (χ3n) is 5.26. The van der Waals surface area contributed by atoms with Gasteiger partial charge in [-0.1, -0.05) is 42.5 Å². The van der Waals surface area contributed by atoms with Gasteiger partial charge < -0.3 is 14.6 Å². The SMILES string of the molecule is CCOC(=O)c1cc(-c2ccccc2)n(-c2cccc(C(=O)Nc3cccc(F)c3)c2)c1C. The Balaban J connectivity index is 1.77. The van der Waals surface area contributed by atoms with Gasteiger partial charge in [-0.15, -0.1) is 0 Å². The van der Waals surface area contributed by atoms with E-state index in [-0.39, 0.29) is 12.5 Å². The first-order valence-electron chi connectivity index (χ1n) is 10.6. The molecular formula is C27H23FN2O3. The highest BCUT2D eigenvalue weighted by Gasteiger charge is 2.21. The Labute approximate surface area is 191 Å². The van der Waals surface area contributed by atoms with Crippen molar-refractivity contribution in [1.82, 2.24) is 4.57 Å². The number of anilines is 1. The van der Waals surface area contributed by atoms with Gasteiger partial charge in [-0.2, -0.15) is 0 Å². The molecule has 0 unspecified atom stereocenters. The first kappa shape index (κ1) is 22.0. The van der Waals surface area contributed by atoms with E-state index in [4.69, 9.17) is 4.74 Å². The minimum Gasteiger partial charge on any atom is -0.462 e. The van der Waals surface area contributed by atoms with Gasteiger partial charge in [0.15, 0.2) is 0 Å². The number of ether oxygens (including phenoxy) is 1. The number of carbonyl (C=O) groups excluding carboxylic acids is 2. The molecule has 166 valence electrons. The van der Waals surface area contributed by atoms with Gasteiger partial charge in [0.1, 0.15) is 5.82 Å². The number of hydrogen-bond donors (Lipinski definition) is 1. The van der Waals surface area contributed by atoms with E-state index in [1.54, 1.807) is 31.2 Å². The van der Waals surface area contributed by atoms with Crippen LogP contribution in [0.4, 0.5) is 10.1 Å². The molecule has 5 nitrogen and oxygen atoms in total. The summed E-state index contributed by atoms with van der Waals surface area (Å²) in [6, 6.07) is 24.3. The van der Waals surface area contributed by atoms with E-state index in [9.17, 15) is 14.0 Å². The predicted molar refractivity (Wildman–Crippen MR) is 126 cm³/mol. The highest BCUT2D eigenvalue weighted by molar-refractivity contribution is 6.04. The maximum Gasteiger partial charge on any atom is 0.339 e. The van der Waals surface area contributed by atoms with Gasteiger partial charge in [0.25, 0.3) is 5.91 Å². The number of carbonyl (C=O) groups is 2.